The van der Waals surface area contributed by atoms with Crippen LogP contribution in [-0.4, -0.2) is 43.9 Å². The summed E-state index contributed by atoms with van der Waals surface area (Å²) in [6.07, 6.45) is 3.48. The lowest BCUT2D eigenvalue weighted by atomic mass is 9.98. The molecule has 0 N–H and O–H groups in total. The van der Waals surface area contributed by atoms with E-state index in [4.69, 9.17) is 14.5 Å². The zero-order chi connectivity index (χ0) is 20.0. The van der Waals surface area contributed by atoms with Crippen molar-refractivity contribution in [3.05, 3.63) is 54.1 Å². The minimum atomic E-state index is -0.167. The van der Waals surface area contributed by atoms with Gasteiger partial charge in [0.25, 0.3) is 5.91 Å². The van der Waals surface area contributed by atoms with E-state index in [0.717, 1.165) is 11.4 Å². The van der Waals surface area contributed by atoms with E-state index in [1.807, 2.05) is 21.7 Å². The number of fused-ring (bicyclic) bond motifs is 2. The van der Waals surface area contributed by atoms with Crippen molar-refractivity contribution in [2.45, 2.75) is 26.4 Å². The van der Waals surface area contributed by atoms with E-state index in [9.17, 15) is 4.79 Å². The normalized spacial score (nSPS) is 17.5. The molecule has 1 atom stereocenters. The third kappa shape index (κ3) is 3.00. The lowest BCUT2D eigenvalue weighted by molar-refractivity contribution is 0.0536. The summed E-state index contributed by atoms with van der Waals surface area (Å²) in [5.41, 5.74) is 1.45. The average Bonchev–Trinajstić information content (AvgIpc) is 3.39. The first-order chi connectivity index (χ1) is 14.1. The number of carbonyl (C=O) groups excluding carboxylic acids is 1. The summed E-state index contributed by atoms with van der Waals surface area (Å²) in [6.45, 7) is 5.55. The van der Waals surface area contributed by atoms with Crippen LogP contribution in [0, 0.1) is 5.92 Å². The maximum Gasteiger partial charge on any atom is 0.254 e. The highest BCUT2D eigenvalue weighted by molar-refractivity contribution is 5.95. The van der Waals surface area contributed by atoms with Crippen molar-refractivity contribution in [3.63, 3.8) is 0 Å². The summed E-state index contributed by atoms with van der Waals surface area (Å²) in [5, 5.41) is 4.66. The summed E-state index contributed by atoms with van der Waals surface area (Å²) < 4.78 is 12.7. The monoisotopic (exact) mass is 391 g/mol. The summed E-state index contributed by atoms with van der Waals surface area (Å²) in [7, 11) is 0. The first kappa shape index (κ1) is 17.7. The molecule has 0 radical (unpaired) electrons. The van der Waals surface area contributed by atoms with Crippen molar-refractivity contribution < 1.29 is 14.3 Å². The summed E-state index contributed by atoms with van der Waals surface area (Å²) in [6, 6.07) is 8.96. The highest BCUT2D eigenvalue weighted by Crippen LogP contribution is 2.36. The number of nitrogens with zero attached hydrogens (tertiary/aromatic N) is 5. The first-order valence-electron chi connectivity index (χ1n) is 9.67. The number of rotatable bonds is 3. The van der Waals surface area contributed by atoms with E-state index in [2.05, 4.69) is 23.9 Å². The van der Waals surface area contributed by atoms with Gasteiger partial charge in [-0.3, -0.25) is 9.78 Å². The molecule has 1 aromatic carbocycles. The second-order valence-electron chi connectivity index (χ2n) is 7.51. The van der Waals surface area contributed by atoms with Gasteiger partial charge in [0, 0.05) is 30.1 Å². The van der Waals surface area contributed by atoms with Crippen molar-refractivity contribution in [2.75, 3.05) is 13.3 Å². The van der Waals surface area contributed by atoms with Crippen LogP contribution in [0.25, 0.3) is 11.4 Å². The van der Waals surface area contributed by atoms with E-state index in [1.165, 1.54) is 0 Å². The maximum absolute atomic E-state index is 13.4. The van der Waals surface area contributed by atoms with Gasteiger partial charge in [-0.1, -0.05) is 13.8 Å². The number of ether oxygens (including phenoxy) is 2. The molecule has 5 rings (SSSR count). The molecule has 0 saturated heterocycles. The van der Waals surface area contributed by atoms with E-state index in [0.29, 0.717) is 36.0 Å². The zero-order valence-corrected chi connectivity index (χ0v) is 16.3. The number of carbonyl (C=O) groups is 1. The number of benzene rings is 1. The van der Waals surface area contributed by atoms with Crippen LogP contribution in [0.1, 0.15) is 36.1 Å². The lowest BCUT2D eigenvalue weighted by Crippen LogP contribution is -2.44. The highest BCUT2D eigenvalue weighted by atomic mass is 16.7. The first-order valence-corrected chi connectivity index (χ1v) is 9.67. The minimum Gasteiger partial charge on any atom is -0.454 e. The van der Waals surface area contributed by atoms with Crippen LogP contribution in [0.15, 0.2) is 42.7 Å². The quantitative estimate of drug-likeness (QED) is 0.683. The van der Waals surface area contributed by atoms with Gasteiger partial charge >= 0.3 is 0 Å². The van der Waals surface area contributed by atoms with Crippen molar-refractivity contribution in [1.29, 1.82) is 0 Å². The van der Waals surface area contributed by atoms with Gasteiger partial charge in [-0.2, -0.15) is 5.10 Å². The molecule has 0 bridgehead atoms. The van der Waals surface area contributed by atoms with Crippen molar-refractivity contribution in [3.8, 4) is 22.9 Å². The fraction of sp³-hybridized carbons (Fsp3) is 0.333. The van der Waals surface area contributed by atoms with Crippen LogP contribution in [0.5, 0.6) is 11.5 Å². The predicted octanol–water partition coefficient (Wildman–Crippen LogP) is 2.92. The van der Waals surface area contributed by atoms with Crippen LogP contribution in [0.2, 0.25) is 0 Å². The Morgan fingerprint density at radius 1 is 1.17 bits per heavy atom. The van der Waals surface area contributed by atoms with Gasteiger partial charge in [-0.05, 0) is 36.2 Å². The molecule has 1 amide bonds. The molecule has 0 aliphatic carbocycles. The molecule has 0 fully saturated rings. The Hall–Kier alpha value is -3.42. The Morgan fingerprint density at radius 2 is 2.03 bits per heavy atom. The van der Waals surface area contributed by atoms with E-state index in [1.54, 1.807) is 30.6 Å². The standard InChI is InChI=1S/C21H21N5O3/c1-13(2)18-20-23-19(15-4-3-7-22-11-15)24-26(20)9-8-25(18)21(27)14-5-6-16-17(10-14)29-12-28-16/h3-7,10-11,13,18H,8-9,12H2,1-2H3/t18-/m1/s1. The van der Waals surface area contributed by atoms with Crippen LogP contribution < -0.4 is 9.47 Å². The van der Waals surface area contributed by atoms with Gasteiger partial charge in [0.15, 0.2) is 23.1 Å². The number of hydrogen-bond acceptors (Lipinski definition) is 6. The Morgan fingerprint density at radius 3 is 2.83 bits per heavy atom. The molecule has 148 valence electrons. The van der Waals surface area contributed by atoms with Crippen LogP contribution in [-0.2, 0) is 6.54 Å². The summed E-state index contributed by atoms with van der Waals surface area (Å²) >= 11 is 0. The second-order valence-corrected chi connectivity index (χ2v) is 7.51. The topological polar surface area (TPSA) is 82.4 Å². The van der Waals surface area contributed by atoms with Gasteiger partial charge in [-0.15, -0.1) is 0 Å². The zero-order valence-electron chi connectivity index (χ0n) is 16.3. The molecule has 2 aliphatic rings. The number of amides is 1. The predicted molar refractivity (Wildman–Crippen MR) is 104 cm³/mol. The maximum atomic E-state index is 13.4. The molecule has 2 aromatic heterocycles. The van der Waals surface area contributed by atoms with E-state index in [-0.39, 0.29) is 24.7 Å². The molecule has 4 heterocycles. The third-order valence-corrected chi connectivity index (χ3v) is 5.28. The van der Waals surface area contributed by atoms with Crippen LogP contribution in [0.4, 0.5) is 0 Å². The fourth-order valence-corrected chi connectivity index (χ4v) is 3.92. The largest absolute Gasteiger partial charge is 0.454 e. The van der Waals surface area contributed by atoms with Gasteiger partial charge in [0.05, 0.1) is 12.6 Å². The van der Waals surface area contributed by atoms with E-state index < -0.39 is 0 Å². The lowest BCUT2D eigenvalue weighted by Gasteiger charge is -2.37. The molecular formula is C21H21N5O3. The SMILES string of the molecule is CC(C)[C@@H]1c2nc(-c3cccnc3)nn2CCN1C(=O)c1ccc2c(c1)OCO2. The van der Waals surface area contributed by atoms with Gasteiger partial charge in [0.1, 0.15) is 0 Å². The van der Waals surface area contributed by atoms with Gasteiger partial charge in [0.2, 0.25) is 6.79 Å². The fourth-order valence-electron chi connectivity index (χ4n) is 3.92. The van der Waals surface area contributed by atoms with Crippen LogP contribution >= 0.6 is 0 Å². The van der Waals surface area contributed by atoms with E-state index >= 15 is 0 Å². The smallest absolute Gasteiger partial charge is 0.254 e. The molecule has 0 spiro atoms. The second kappa shape index (κ2) is 6.88. The summed E-state index contributed by atoms with van der Waals surface area (Å²) in [5.74, 6) is 2.85. The number of hydrogen-bond donors (Lipinski definition) is 0. The Balaban J connectivity index is 1.49. The number of pyridine rings is 1. The third-order valence-electron chi connectivity index (χ3n) is 5.28. The Kier molecular flexibility index (Phi) is 4.19. The van der Waals surface area contributed by atoms with Gasteiger partial charge in [-0.25, -0.2) is 9.67 Å². The molecular weight excluding hydrogens is 370 g/mol. The molecule has 2 aliphatic heterocycles. The molecule has 8 nitrogen and oxygen atoms in total. The average molecular weight is 391 g/mol. The molecule has 3 aromatic rings. The Labute approximate surface area is 168 Å². The Bertz CT molecular complexity index is 1060. The van der Waals surface area contributed by atoms with Crippen molar-refractivity contribution in [2.24, 2.45) is 5.92 Å². The van der Waals surface area contributed by atoms with Crippen molar-refractivity contribution >= 4 is 5.91 Å². The molecule has 0 saturated carbocycles. The molecule has 29 heavy (non-hydrogen) atoms. The van der Waals surface area contributed by atoms with Crippen LogP contribution in [0.3, 0.4) is 0 Å². The van der Waals surface area contributed by atoms with Gasteiger partial charge < -0.3 is 14.4 Å². The van der Waals surface area contributed by atoms with Crippen molar-refractivity contribution in [1.82, 2.24) is 24.6 Å². The summed E-state index contributed by atoms with van der Waals surface area (Å²) in [4.78, 5) is 24.2. The molecule has 0 unspecified atom stereocenters. The highest BCUT2D eigenvalue weighted by Gasteiger charge is 2.36. The molecule has 8 heteroatoms. The minimum absolute atomic E-state index is 0.0424. The number of aromatic nitrogens is 4.